The molecule has 1 aromatic heterocycles. The summed E-state index contributed by atoms with van der Waals surface area (Å²) in [6.07, 6.45) is 2.04. The summed E-state index contributed by atoms with van der Waals surface area (Å²) in [5, 5.41) is 7.68. The monoisotopic (exact) mass is 412 g/mol. The first-order valence-electron chi connectivity index (χ1n) is 9.41. The molecule has 6 nitrogen and oxygen atoms in total. The van der Waals surface area contributed by atoms with E-state index in [-0.39, 0.29) is 18.4 Å². The van der Waals surface area contributed by atoms with Crippen LogP contribution in [0.2, 0.25) is 0 Å². The zero-order chi connectivity index (χ0) is 19.3. The summed E-state index contributed by atoms with van der Waals surface area (Å²) >= 11 is 0. The average molecular weight is 413 g/mol. The SMILES string of the molecule is COc1ccccc1/C=C(\c1ccccc1)c1nc(C2CNCCN2C)no1.Cl. The Morgan fingerprint density at radius 1 is 1.17 bits per heavy atom. The van der Waals surface area contributed by atoms with Crippen molar-refractivity contribution in [2.24, 2.45) is 0 Å². The van der Waals surface area contributed by atoms with Crippen LogP contribution in [0, 0.1) is 0 Å². The number of halogens is 1. The molecule has 152 valence electrons. The van der Waals surface area contributed by atoms with Crippen LogP contribution in [-0.2, 0) is 0 Å². The number of hydrogen-bond donors (Lipinski definition) is 1. The van der Waals surface area contributed by atoms with Crippen molar-refractivity contribution in [3.05, 3.63) is 77.4 Å². The number of ether oxygens (including phenoxy) is 1. The lowest BCUT2D eigenvalue weighted by Crippen LogP contribution is -2.44. The quantitative estimate of drug-likeness (QED) is 0.645. The Balaban J connectivity index is 0.00000240. The standard InChI is InChI=1S/C22H24N4O2.ClH/c1-26-13-12-23-15-19(26)21-24-22(28-25-21)18(16-8-4-3-5-9-16)14-17-10-6-7-11-20(17)27-2;/h3-11,14,19,23H,12-13,15H2,1-2H3;1H/b18-14+;. The minimum absolute atomic E-state index is 0. The fourth-order valence-corrected chi connectivity index (χ4v) is 3.40. The number of likely N-dealkylation sites (N-methyl/N-ethyl adjacent to an activating group) is 1. The Labute approximate surface area is 177 Å². The number of piperazine rings is 1. The minimum atomic E-state index is 0. The Morgan fingerprint density at radius 3 is 2.69 bits per heavy atom. The third-order valence-corrected chi connectivity index (χ3v) is 5.00. The zero-order valence-electron chi connectivity index (χ0n) is 16.5. The van der Waals surface area contributed by atoms with Crippen LogP contribution in [-0.4, -0.2) is 48.8 Å². The molecule has 0 amide bonds. The molecule has 7 heteroatoms. The van der Waals surface area contributed by atoms with Gasteiger partial charge in [0.25, 0.3) is 5.89 Å². The molecule has 4 rings (SSSR count). The van der Waals surface area contributed by atoms with Gasteiger partial charge in [-0.1, -0.05) is 53.7 Å². The summed E-state index contributed by atoms with van der Waals surface area (Å²) in [6, 6.07) is 18.1. The van der Waals surface area contributed by atoms with E-state index in [4.69, 9.17) is 14.2 Å². The van der Waals surface area contributed by atoms with Gasteiger partial charge in [0.1, 0.15) is 5.75 Å². The Morgan fingerprint density at radius 2 is 1.93 bits per heavy atom. The summed E-state index contributed by atoms with van der Waals surface area (Å²) in [5.41, 5.74) is 2.84. The number of nitrogens with zero attached hydrogens (tertiary/aromatic N) is 3. The number of benzene rings is 2. The van der Waals surface area contributed by atoms with Crippen LogP contribution in [0.25, 0.3) is 11.6 Å². The molecule has 1 N–H and O–H groups in total. The molecule has 29 heavy (non-hydrogen) atoms. The zero-order valence-corrected chi connectivity index (χ0v) is 17.4. The molecule has 1 unspecified atom stereocenters. The molecule has 0 aliphatic carbocycles. The van der Waals surface area contributed by atoms with Crippen LogP contribution in [0.5, 0.6) is 5.75 Å². The van der Waals surface area contributed by atoms with E-state index in [1.54, 1.807) is 7.11 Å². The Kier molecular flexibility index (Phi) is 7.04. The summed E-state index contributed by atoms with van der Waals surface area (Å²) in [6.45, 7) is 2.74. The molecule has 1 atom stereocenters. The van der Waals surface area contributed by atoms with Crippen LogP contribution in [0.15, 0.2) is 59.1 Å². The molecule has 1 aliphatic heterocycles. The van der Waals surface area contributed by atoms with Crippen molar-refractivity contribution in [1.82, 2.24) is 20.4 Å². The lowest BCUT2D eigenvalue weighted by molar-refractivity contribution is 0.190. The summed E-state index contributed by atoms with van der Waals surface area (Å²) in [4.78, 5) is 6.99. The first-order valence-corrected chi connectivity index (χ1v) is 9.41. The van der Waals surface area contributed by atoms with E-state index >= 15 is 0 Å². The van der Waals surface area contributed by atoms with Crippen molar-refractivity contribution in [3.63, 3.8) is 0 Å². The maximum Gasteiger partial charge on any atom is 0.258 e. The largest absolute Gasteiger partial charge is 0.496 e. The molecule has 0 radical (unpaired) electrons. The molecule has 2 aromatic carbocycles. The van der Waals surface area contributed by atoms with Gasteiger partial charge >= 0.3 is 0 Å². The molecule has 0 bridgehead atoms. The number of aromatic nitrogens is 2. The van der Waals surface area contributed by atoms with E-state index in [1.165, 1.54) is 0 Å². The highest BCUT2D eigenvalue weighted by atomic mass is 35.5. The van der Waals surface area contributed by atoms with Gasteiger partial charge in [-0.3, -0.25) is 4.90 Å². The predicted octanol–water partition coefficient (Wildman–Crippen LogP) is 3.67. The Hall–Kier alpha value is -2.67. The van der Waals surface area contributed by atoms with E-state index in [0.717, 1.165) is 42.1 Å². The number of nitrogens with one attached hydrogen (secondary N) is 1. The summed E-state index contributed by atoms with van der Waals surface area (Å²) in [7, 11) is 3.76. The lowest BCUT2D eigenvalue weighted by Gasteiger charge is -2.30. The second-order valence-electron chi connectivity index (χ2n) is 6.82. The average Bonchev–Trinajstić information content (AvgIpc) is 3.23. The van der Waals surface area contributed by atoms with Gasteiger partial charge < -0.3 is 14.6 Å². The second-order valence-corrected chi connectivity index (χ2v) is 6.82. The van der Waals surface area contributed by atoms with Gasteiger partial charge in [-0.2, -0.15) is 4.98 Å². The maximum absolute atomic E-state index is 5.70. The van der Waals surface area contributed by atoms with Gasteiger partial charge in [-0.25, -0.2) is 0 Å². The van der Waals surface area contributed by atoms with E-state index in [2.05, 4.69) is 22.4 Å². The normalized spacial score (nSPS) is 17.6. The molecule has 1 fully saturated rings. The van der Waals surface area contributed by atoms with Gasteiger partial charge in [0.15, 0.2) is 5.82 Å². The number of para-hydroxylation sites is 1. The molecule has 2 heterocycles. The van der Waals surface area contributed by atoms with E-state index in [1.807, 2.05) is 60.7 Å². The number of rotatable bonds is 5. The van der Waals surface area contributed by atoms with Gasteiger partial charge in [-0.05, 0) is 24.8 Å². The van der Waals surface area contributed by atoms with E-state index < -0.39 is 0 Å². The Bertz CT molecular complexity index is 958. The van der Waals surface area contributed by atoms with Gasteiger partial charge in [-0.15, -0.1) is 12.4 Å². The van der Waals surface area contributed by atoms with Gasteiger partial charge in [0, 0.05) is 30.8 Å². The second kappa shape index (κ2) is 9.69. The smallest absolute Gasteiger partial charge is 0.258 e. The van der Waals surface area contributed by atoms with Crippen LogP contribution in [0.1, 0.15) is 28.9 Å². The molecular formula is C22H25ClN4O2. The highest BCUT2D eigenvalue weighted by Gasteiger charge is 2.26. The number of methoxy groups -OCH3 is 1. The first kappa shape index (κ1) is 21.0. The van der Waals surface area contributed by atoms with Crippen LogP contribution < -0.4 is 10.1 Å². The van der Waals surface area contributed by atoms with Crippen molar-refractivity contribution in [2.75, 3.05) is 33.8 Å². The number of hydrogen-bond acceptors (Lipinski definition) is 6. The van der Waals surface area contributed by atoms with Crippen LogP contribution >= 0.6 is 12.4 Å². The first-order chi connectivity index (χ1) is 13.8. The van der Waals surface area contributed by atoms with Gasteiger partial charge in [0.2, 0.25) is 0 Å². The highest BCUT2D eigenvalue weighted by Crippen LogP contribution is 2.29. The summed E-state index contributed by atoms with van der Waals surface area (Å²) < 4.78 is 11.2. The van der Waals surface area contributed by atoms with Crippen molar-refractivity contribution in [3.8, 4) is 5.75 Å². The molecule has 3 aromatic rings. The molecule has 1 aliphatic rings. The topological polar surface area (TPSA) is 63.4 Å². The minimum Gasteiger partial charge on any atom is -0.496 e. The fraction of sp³-hybridized carbons (Fsp3) is 0.273. The van der Waals surface area contributed by atoms with Crippen LogP contribution in [0.3, 0.4) is 0 Å². The van der Waals surface area contributed by atoms with Gasteiger partial charge in [0.05, 0.1) is 13.2 Å². The van der Waals surface area contributed by atoms with Crippen LogP contribution in [0.4, 0.5) is 0 Å². The highest BCUT2D eigenvalue weighted by molar-refractivity contribution is 5.89. The van der Waals surface area contributed by atoms with Crippen molar-refractivity contribution in [1.29, 1.82) is 0 Å². The summed E-state index contributed by atoms with van der Waals surface area (Å²) in [5.74, 6) is 2.00. The fourth-order valence-electron chi connectivity index (χ4n) is 3.40. The molecule has 1 saturated heterocycles. The third-order valence-electron chi connectivity index (χ3n) is 5.00. The molecular weight excluding hydrogens is 388 g/mol. The third kappa shape index (κ3) is 4.67. The van der Waals surface area contributed by atoms with Crippen molar-refractivity contribution >= 4 is 24.1 Å². The maximum atomic E-state index is 5.70. The van der Waals surface area contributed by atoms with Crippen molar-refractivity contribution < 1.29 is 9.26 Å². The van der Waals surface area contributed by atoms with E-state index in [9.17, 15) is 0 Å². The van der Waals surface area contributed by atoms with Crippen molar-refractivity contribution in [2.45, 2.75) is 6.04 Å². The molecule has 0 saturated carbocycles. The van der Waals surface area contributed by atoms with E-state index in [0.29, 0.717) is 11.7 Å². The predicted molar refractivity (Wildman–Crippen MR) is 116 cm³/mol. The lowest BCUT2D eigenvalue weighted by atomic mass is 10.0. The molecule has 0 spiro atoms.